The minimum atomic E-state index is 0.190. The first-order chi connectivity index (χ1) is 8.34. The number of methoxy groups -OCH3 is 1. The van der Waals surface area contributed by atoms with Crippen LogP contribution >= 0.6 is 0 Å². The quantitative estimate of drug-likeness (QED) is 0.550. The van der Waals surface area contributed by atoms with Crippen molar-refractivity contribution in [3.8, 4) is 0 Å². The first kappa shape index (κ1) is 14.7. The van der Waals surface area contributed by atoms with Crippen LogP contribution in [0.25, 0.3) is 0 Å². The van der Waals surface area contributed by atoms with E-state index in [0.29, 0.717) is 13.2 Å². The van der Waals surface area contributed by atoms with E-state index in [9.17, 15) is 0 Å². The van der Waals surface area contributed by atoms with Gasteiger partial charge >= 0.3 is 0 Å². The smallest absolute Gasteiger partial charge is 0.0700 e. The minimum Gasteiger partial charge on any atom is -0.382 e. The van der Waals surface area contributed by atoms with Crippen LogP contribution < -0.4 is 5.73 Å². The third-order valence-corrected chi connectivity index (χ3v) is 3.31. The molecule has 3 heteroatoms. The van der Waals surface area contributed by atoms with Crippen molar-refractivity contribution in [2.24, 2.45) is 5.73 Å². The van der Waals surface area contributed by atoms with Gasteiger partial charge in [0, 0.05) is 19.8 Å². The molecule has 0 bridgehead atoms. The number of hydrogen-bond donors (Lipinski definition) is 1. The summed E-state index contributed by atoms with van der Waals surface area (Å²) in [6.07, 6.45) is 11.0. The van der Waals surface area contributed by atoms with Gasteiger partial charge in [-0.15, -0.1) is 0 Å². The SMILES string of the molecule is COCCOCCC(N)C1=CCCCCCC1. The van der Waals surface area contributed by atoms with Gasteiger partial charge in [-0.25, -0.2) is 0 Å². The highest BCUT2D eigenvalue weighted by atomic mass is 16.5. The van der Waals surface area contributed by atoms with Gasteiger partial charge in [-0.05, 0) is 32.1 Å². The van der Waals surface area contributed by atoms with Crippen LogP contribution in [0.15, 0.2) is 11.6 Å². The molecule has 1 aliphatic carbocycles. The molecule has 1 atom stereocenters. The van der Waals surface area contributed by atoms with E-state index in [-0.39, 0.29) is 6.04 Å². The second-order valence-electron chi connectivity index (χ2n) is 4.73. The van der Waals surface area contributed by atoms with E-state index in [1.807, 2.05) is 0 Å². The van der Waals surface area contributed by atoms with Crippen molar-refractivity contribution < 1.29 is 9.47 Å². The van der Waals surface area contributed by atoms with Gasteiger partial charge in [0.2, 0.25) is 0 Å². The number of nitrogens with two attached hydrogens (primary N) is 1. The minimum absolute atomic E-state index is 0.190. The maximum Gasteiger partial charge on any atom is 0.0700 e. The van der Waals surface area contributed by atoms with Gasteiger partial charge in [0.1, 0.15) is 0 Å². The molecule has 0 aromatic heterocycles. The van der Waals surface area contributed by atoms with Gasteiger partial charge in [-0.2, -0.15) is 0 Å². The molecule has 17 heavy (non-hydrogen) atoms. The molecule has 0 amide bonds. The summed E-state index contributed by atoms with van der Waals surface area (Å²) in [6, 6.07) is 0.190. The van der Waals surface area contributed by atoms with Crippen molar-refractivity contribution in [2.75, 3.05) is 26.9 Å². The molecule has 0 radical (unpaired) electrons. The zero-order valence-corrected chi connectivity index (χ0v) is 11.1. The summed E-state index contributed by atoms with van der Waals surface area (Å²) < 4.78 is 10.4. The number of hydrogen-bond acceptors (Lipinski definition) is 3. The summed E-state index contributed by atoms with van der Waals surface area (Å²) >= 11 is 0. The fraction of sp³-hybridized carbons (Fsp3) is 0.857. The van der Waals surface area contributed by atoms with Crippen LogP contribution in [0.3, 0.4) is 0 Å². The molecule has 0 saturated heterocycles. The third kappa shape index (κ3) is 6.81. The van der Waals surface area contributed by atoms with E-state index >= 15 is 0 Å². The Labute approximate surface area is 105 Å². The molecule has 1 unspecified atom stereocenters. The lowest BCUT2D eigenvalue weighted by Gasteiger charge is -2.18. The Morgan fingerprint density at radius 1 is 1.18 bits per heavy atom. The Morgan fingerprint density at radius 2 is 2.00 bits per heavy atom. The lowest BCUT2D eigenvalue weighted by atomic mass is 9.94. The van der Waals surface area contributed by atoms with Gasteiger partial charge in [-0.1, -0.05) is 24.5 Å². The number of ether oxygens (including phenoxy) is 2. The molecule has 0 heterocycles. The van der Waals surface area contributed by atoms with E-state index in [1.54, 1.807) is 7.11 Å². The predicted molar refractivity (Wildman–Crippen MR) is 71.1 cm³/mol. The van der Waals surface area contributed by atoms with Crippen LogP contribution in [0.4, 0.5) is 0 Å². The first-order valence-electron chi connectivity index (χ1n) is 6.86. The maximum absolute atomic E-state index is 6.20. The lowest BCUT2D eigenvalue weighted by molar-refractivity contribution is 0.0681. The van der Waals surface area contributed by atoms with E-state index in [2.05, 4.69) is 6.08 Å². The molecular formula is C14H27NO2. The molecular weight excluding hydrogens is 214 g/mol. The first-order valence-corrected chi connectivity index (χ1v) is 6.86. The maximum atomic E-state index is 6.20. The highest BCUT2D eigenvalue weighted by Gasteiger charge is 2.10. The topological polar surface area (TPSA) is 44.5 Å². The Kier molecular flexibility index (Phi) is 8.32. The summed E-state index contributed by atoms with van der Waals surface area (Å²) in [4.78, 5) is 0. The van der Waals surface area contributed by atoms with Crippen LogP contribution in [0.5, 0.6) is 0 Å². The van der Waals surface area contributed by atoms with Crippen molar-refractivity contribution in [1.29, 1.82) is 0 Å². The van der Waals surface area contributed by atoms with E-state index in [0.717, 1.165) is 13.0 Å². The number of allylic oxidation sites excluding steroid dienone is 1. The number of rotatable bonds is 7. The molecule has 0 fully saturated rings. The summed E-state index contributed by atoms with van der Waals surface area (Å²) in [7, 11) is 1.69. The molecule has 0 aromatic carbocycles. The molecule has 0 aliphatic heterocycles. The Hall–Kier alpha value is -0.380. The van der Waals surface area contributed by atoms with Gasteiger partial charge < -0.3 is 15.2 Å². The van der Waals surface area contributed by atoms with Gasteiger partial charge in [0.05, 0.1) is 13.2 Å². The predicted octanol–water partition coefficient (Wildman–Crippen LogP) is 2.65. The van der Waals surface area contributed by atoms with Crippen LogP contribution in [0.1, 0.15) is 44.9 Å². The molecule has 0 aromatic rings. The lowest BCUT2D eigenvalue weighted by Crippen LogP contribution is -2.25. The summed E-state index contributed by atoms with van der Waals surface area (Å²) in [5, 5.41) is 0. The van der Waals surface area contributed by atoms with Gasteiger partial charge in [0.25, 0.3) is 0 Å². The zero-order chi connectivity index (χ0) is 12.3. The molecule has 1 aliphatic rings. The normalized spacial score (nSPS) is 19.3. The van der Waals surface area contributed by atoms with Crippen LogP contribution in [-0.2, 0) is 9.47 Å². The molecule has 0 spiro atoms. The fourth-order valence-corrected chi connectivity index (χ4v) is 2.19. The molecule has 2 N–H and O–H groups in total. The molecule has 1 rings (SSSR count). The van der Waals surface area contributed by atoms with Crippen LogP contribution in [-0.4, -0.2) is 33.0 Å². The molecule has 0 saturated carbocycles. The average molecular weight is 241 g/mol. The molecule has 3 nitrogen and oxygen atoms in total. The second kappa shape index (κ2) is 9.63. The van der Waals surface area contributed by atoms with Crippen LogP contribution in [0, 0.1) is 0 Å². The van der Waals surface area contributed by atoms with E-state index in [1.165, 1.54) is 44.1 Å². The van der Waals surface area contributed by atoms with E-state index < -0.39 is 0 Å². The van der Waals surface area contributed by atoms with Crippen molar-refractivity contribution in [3.63, 3.8) is 0 Å². The Morgan fingerprint density at radius 3 is 2.82 bits per heavy atom. The van der Waals surface area contributed by atoms with Crippen molar-refractivity contribution in [3.05, 3.63) is 11.6 Å². The van der Waals surface area contributed by atoms with Crippen molar-refractivity contribution in [2.45, 2.75) is 51.0 Å². The summed E-state index contributed by atoms with van der Waals surface area (Å²) in [6.45, 7) is 2.07. The van der Waals surface area contributed by atoms with Gasteiger partial charge in [0.15, 0.2) is 0 Å². The third-order valence-electron chi connectivity index (χ3n) is 3.31. The Bertz CT molecular complexity index is 216. The van der Waals surface area contributed by atoms with Crippen molar-refractivity contribution in [1.82, 2.24) is 0 Å². The fourth-order valence-electron chi connectivity index (χ4n) is 2.19. The van der Waals surface area contributed by atoms with E-state index in [4.69, 9.17) is 15.2 Å². The second-order valence-corrected chi connectivity index (χ2v) is 4.73. The largest absolute Gasteiger partial charge is 0.382 e. The summed E-state index contributed by atoms with van der Waals surface area (Å²) in [5.41, 5.74) is 7.65. The van der Waals surface area contributed by atoms with Crippen LogP contribution in [0.2, 0.25) is 0 Å². The summed E-state index contributed by atoms with van der Waals surface area (Å²) in [5.74, 6) is 0. The monoisotopic (exact) mass is 241 g/mol. The highest BCUT2D eigenvalue weighted by molar-refractivity contribution is 5.10. The van der Waals surface area contributed by atoms with Gasteiger partial charge in [-0.3, -0.25) is 0 Å². The molecule has 100 valence electrons. The highest BCUT2D eigenvalue weighted by Crippen LogP contribution is 2.19. The van der Waals surface area contributed by atoms with Crippen molar-refractivity contribution >= 4 is 0 Å². The average Bonchev–Trinajstić information content (AvgIpc) is 2.28. The standard InChI is InChI=1S/C14H27NO2/c1-16-11-12-17-10-9-14(15)13-7-5-3-2-4-6-8-13/h7,14H,2-6,8-12,15H2,1H3. The zero-order valence-electron chi connectivity index (χ0n) is 11.1. The Balaban J connectivity index is 2.18.